The molecule has 1 radical (unpaired) electrons. The van der Waals surface area contributed by atoms with Crippen LogP contribution in [0.4, 0.5) is 0 Å². The summed E-state index contributed by atoms with van der Waals surface area (Å²) in [5.41, 5.74) is 7.59. The van der Waals surface area contributed by atoms with Crippen LogP contribution in [0.25, 0.3) is 0 Å². The molecule has 3 heteroatoms. The van der Waals surface area contributed by atoms with E-state index in [2.05, 4.69) is 0 Å². The van der Waals surface area contributed by atoms with Crippen LogP contribution in [0.2, 0.25) is 0 Å². The van der Waals surface area contributed by atoms with E-state index >= 15 is 0 Å². The van der Waals surface area contributed by atoms with Crippen molar-refractivity contribution in [1.82, 2.24) is 10.6 Å². The Balaban J connectivity index is 1.85. The maximum Gasteiger partial charge on any atom is 0.225 e. The maximum absolute atomic E-state index is 12.0. The molecule has 0 atom stereocenters. The van der Waals surface area contributed by atoms with E-state index in [0.717, 1.165) is 38.8 Å². The van der Waals surface area contributed by atoms with Gasteiger partial charge in [-0.05, 0) is 38.5 Å². The van der Waals surface area contributed by atoms with Gasteiger partial charge in [0.1, 0.15) is 0 Å². The fraction of sp³-hybridized carbons (Fsp3) is 0.909. The summed E-state index contributed by atoms with van der Waals surface area (Å²) in [5, 5.41) is 0. The summed E-state index contributed by atoms with van der Waals surface area (Å²) >= 11 is 0. The third kappa shape index (κ3) is 2.08. The Kier molecular flexibility index (Phi) is 3.06. The van der Waals surface area contributed by atoms with Gasteiger partial charge in [-0.2, -0.15) is 0 Å². The van der Waals surface area contributed by atoms with Crippen LogP contribution in [0.3, 0.4) is 0 Å². The molecule has 0 aromatic heterocycles. The van der Waals surface area contributed by atoms with Crippen molar-refractivity contribution in [3.05, 3.63) is 0 Å². The average molecular weight is 195 g/mol. The molecule has 1 amide bonds. The minimum absolute atomic E-state index is 0.0950. The molecule has 14 heavy (non-hydrogen) atoms. The number of likely N-dealkylation sites (tertiary alicyclic amines) is 1. The van der Waals surface area contributed by atoms with Crippen LogP contribution in [0.5, 0.6) is 0 Å². The number of amides is 1. The van der Waals surface area contributed by atoms with Crippen LogP contribution in [0.1, 0.15) is 38.5 Å². The fourth-order valence-electron chi connectivity index (χ4n) is 2.54. The van der Waals surface area contributed by atoms with E-state index in [9.17, 15) is 4.79 Å². The molecule has 1 aliphatic heterocycles. The maximum atomic E-state index is 12.0. The second kappa shape index (κ2) is 4.30. The van der Waals surface area contributed by atoms with Crippen molar-refractivity contribution in [2.45, 2.75) is 44.6 Å². The molecule has 2 rings (SSSR count). The highest BCUT2D eigenvalue weighted by Crippen LogP contribution is 2.26. The van der Waals surface area contributed by atoms with Gasteiger partial charge >= 0.3 is 0 Å². The highest BCUT2D eigenvalue weighted by Gasteiger charge is 2.29. The summed E-state index contributed by atoms with van der Waals surface area (Å²) in [6.45, 7) is 1.94. The van der Waals surface area contributed by atoms with E-state index in [1.54, 1.807) is 0 Å². The zero-order valence-electron chi connectivity index (χ0n) is 8.67. The SMILES string of the molecule is [NH][C@H]1CC[C@H](C(=O)N2CCCC2)CC1. The van der Waals surface area contributed by atoms with E-state index in [1.807, 2.05) is 4.90 Å². The summed E-state index contributed by atoms with van der Waals surface area (Å²) in [6, 6.07) is 0.0950. The van der Waals surface area contributed by atoms with E-state index in [0.29, 0.717) is 5.91 Å². The Bertz CT molecular complexity index is 203. The molecule has 2 fully saturated rings. The summed E-state index contributed by atoms with van der Waals surface area (Å²) < 4.78 is 0. The lowest BCUT2D eigenvalue weighted by atomic mass is 9.85. The predicted molar refractivity (Wildman–Crippen MR) is 54.7 cm³/mol. The van der Waals surface area contributed by atoms with E-state index in [-0.39, 0.29) is 12.0 Å². The van der Waals surface area contributed by atoms with Gasteiger partial charge in [0.2, 0.25) is 5.91 Å². The Morgan fingerprint density at radius 3 is 2.21 bits per heavy atom. The molecule has 0 aromatic rings. The van der Waals surface area contributed by atoms with Crippen molar-refractivity contribution >= 4 is 5.91 Å². The lowest BCUT2D eigenvalue weighted by Gasteiger charge is -2.28. The number of nitrogens with zero attached hydrogens (tertiary/aromatic N) is 1. The second-order valence-corrected chi connectivity index (χ2v) is 4.58. The molecule has 0 spiro atoms. The molecule has 1 heterocycles. The third-order valence-electron chi connectivity index (χ3n) is 3.49. The van der Waals surface area contributed by atoms with Crippen LogP contribution < -0.4 is 5.73 Å². The molecule has 1 saturated carbocycles. The van der Waals surface area contributed by atoms with Crippen molar-refractivity contribution in [3.63, 3.8) is 0 Å². The van der Waals surface area contributed by atoms with E-state index in [1.165, 1.54) is 12.8 Å². The molecule has 0 bridgehead atoms. The first-order valence-electron chi connectivity index (χ1n) is 5.77. The molecule has 2 aliphatic rings. The standard InChI is InChI=1S/C11H19N2O/c12-10-5-3-9(4-6-10)11(14)13-7-1-2-8-13/h9-10,12H,1-8H2/t9-,10-. The van der Waals surface area contributed by atoms with Crippen molar-refractivity contribution in [1.29, 1.82) is 0 Å². The minimum Gasteiger partial charge on any atom is -0.342 e. The van der Waals surface area contributed by atoms with Crippen molar-refractivity contribution in [3.8, 4) is 0 Å². The Hall–Kier alpha value is -0.570. The number of carbonyl (C=O) groups is 1. The molecular weight excluding hydrogens is 176 g/mol. The molecule has 0 unspecified atom stereocenters. The largest absolute Gasteiger partial charge is 0.342 e. The van der Waals surface area contributed by atoms with E-state index < -0.39 is 0 Å². The molecule has 1 saturated heterocycles. The fourth-order valence-corrected chi connectivity index (χ4v) is 2.54. The van der Waals surface area contributed by atoms with Gasteiger partial charge in [0.15, 0.2) is 0 Å². The molecule has 1 N–H and O–H groups in total. The normalized spacial score (nSPS) is 33.4. The van der Waals surface area contributed by atoms with Crippen molar-refractivity contribution in [2.24, 2.45) is 5.92 Å². The molecule has 0 aromatic carbocycles. The monoisotopic (exact) mass is 195 g/mol. The number of carbonyl (C=O) groups excluding carboxylic acids is 1. The first-order valence-corrected chi connectivity index (χ1v) is 5.77. The summed E-state index contributed by atoms with van der Waals surface area (Å²) in [5.74, 6) is 0.615. The lowest BCUT2D eigenvalue weighted by Crippen LogP contribution is -2.36. The van der Waals surface area contributed by atoms with Crippen LogP contribution >= 0.6 is 0 Å². The van der Waals surface area contributed by atoms with Crippen LogP contribution in [0.15, 0.2) is 0 Å². The smallest absolute Gasteiger partial charge is 0.225 e. The third-order valence-corrected chi connectivity index (χ3v) is 3.49. The zero-order chi connectivity index (χ0) is 9.97. The predicted octanol–water partition coefficient (Wildman–Crippen LogP) is 1.45. The Labute approximate surface area is 85.6 Å². The van der Waals surface area contributed by atoms with Gasteiger partial charge in [-0.3, -0.25) is 10.5 Å². The van der Waals surface area contributed by atoms with Crippen molar-refractivity contribution < 1.29 is 4.79 Å². The number of hydrogen-bond acceptors (Lipinski definition) is 1. The highest BCUT2D eigenvalue weighted by molar-refractivity contribution is 5.79. The first-order chi connectivity index (χ1) is 6.77. The van der Waals surface area contributed by atoms with Crippen LogP contribution in [-0.2, 0) is 4.79 Å². The summed E-state index contributed by atoms with van der Waals surface area (Å²) in [4.78, 5) is 14.0. The zero-order valence-corrected chi connectivity index (χ0v) is 8.67. The van der Waals surface area contributed by atoms with Gasteiger partial charge in [-0.25, -0.2) is 0 Å². The highest BCUT2D eigenvalue weighted by atomic mass is 16.2. The van der Waals surface area contributed by atoms with Gasteiger partial charge in [0, 0.05) is 25.0 Å². The van der Waals surface area contributed by atoms with Gasteiger partial charge < -0.3 is 4.90 Å². The molecule has 3 nitrogen and oxygen atoms in total. The first kappa shape index (κ1) is 9.97. The van der Waals surface area contributed by atoms with Gasteiger partial charge in [-0.1, -0.05) is 0 Å². The van der Waals surface area contributed by atoms with Crippen molar-refractivity contribution in [2.75, 3.05) is 13.1 Å². The Morgan fingerprint density at radius 2 is 1.64 bits per heavy atom. The topological polar surface area (TPSA) is 44.1 Å². The van der Waals surface area contributed by atoms with Gasteiger partial charge in [0.05, 0.1) is 0 Å². The number of hydrogen-bond donors (Lipinski definition) is 0. The minimum atomic E-state index is 0.0950. The van der Waals surface area contributed by atoms with Gasteiger partial charge in [0.25, 0.3) is 0 Å². The number of nitrogens with one attached hydrogen (secondary N) is 1. The summed E-state index contributed by atoms with van der Waals surface area (Å²) in [7, 11) is 0. The van der Waals surface area contributed by atoms with E-state index in [4.69, 9.17) is 5.73 Å². The number of rotatable bonds is 1. The summed E-state index contributed by atoms with van der Waals surface area (Å²) in [6.07, 6.45) is 6.10. The quantitative estimate of drug-likeness (QED) is 0.624. The Morgan fingerprint density at radius 1 is 1.07 bits per heavy atom. The second-order valence-electron chi connectivity index (χ2n) is 4.58. The molecule has 79 valence electrons. The van der Waals surface area contributed by atoms with Crippen LogP contribution in [-0.4, -0.2) is 29.9 Å². The lowest BCUT2D eigenvalue weighted by molar-refractivity contribution is -0.135. The molecule has 1 aliphatic carbocycles. The average Bonchev–Trinajstić information content (AvgIpc) is 2.71. The van der Waals surface area contributed by atoms with Crippen LogP contribution in [0, 0.1) is 5.92 Å². The molecular formula is C11H19N2O. The van der Waals surface area contributed by atoms with Gasteiger partial charge in [-0.15, -0.1) is 0 Å².